The van der Waals surface area contributed by atoms with Gasteiger partial charge in [-0.05, 0) is 48.2 Å². The fraction of sp³-hybridized carbons (Fsp3) is 0.250. The molecule has 0 aliphatic rings. The summed E-state index contributed by atoms with van der Waals surface area (Å²) in [5, 5.41) is 0. The van der Waals surface area contributed by atoms with E-state index in [0.717, 1.165) is 17.4 Å². The van der Waals surface area contributed by atoms with Gasteiger partial charge in [0.15, 0.2) is 0 Å². The summed E-state index contributed by atoms with van der Waals surface area (Å²) in [5.41, 5.74) is 4.29. The zero-order valence-electron chi connectivity index (χ0n) is 11.8. The Morgan fingerprint density at radius 2 is 1.71 bits per heavy atom. The summed E-state index contributed by atoms with van der Waals surface area (Å²) in [6.07, 6.45) is 1.06. The second-order valence-electron chi connectivity index (χ2n) is 4.90. The third kappa shape index (κ3) is 4.51. The van der Waals surface area contributed by atoms with Gasteiger partial charge in [-0.1, -0.05) is 12.1 Å². The number of methoxy groups -OCH3 is 1. The lowest BCUT2D eigenvalue weighted by atomic mass is 9.99. The molecule has 2 rings (SSSR count). The molecule has 112 valence electrons. The lowest BCUT2D eigenvalue weighted by molar-refractivity contribution is 0.413. The molecule has 1 atom stereocenters. The van der Waals surface area contributed by atoms with Crippen LogP contribution in [0.5, 0.6) is 5.75 Å². The number of hydrazine groups is 1. The molecule has 0 aliphatic carbocycles. The number of halogens is 2. The fourth-order valence-electron chi connectivity index (χ4n) is 2.29. The number of nitrogens with one attached hydrogen (secondary N) is 1. The van der Waals surface area contributed by atoms with E-state index >= 15 is 0 Å². The van der Waals surface area contributed by atoms with E-state index in [2.05, 4.69) is 5.43 Å². The highest BCUT2D eigenvalue weighted by atomic mass is 19.1. The smallest absolute Gasteiger partial charge is 0.126 e. The Hall–Kier alpha value is -1.98. The zero-order chi connectivity index (χ0) is 15.2. The van der Waals surface area contributed by atoms with E-state index in [1.165, 1.54) is 12.1 Å². The topological polar surface area (TPSA) is 47.3 Å². The summed E-state index contributed by atoms with van der Waals surface area (Å²) < 4.78 is 31.6. The van der Waals surface area contributed by atoms with Crippen molar-refractivity contribution in [1.82, 2.24) is 5.43 Å². The largest absolute Gasteiger partial charge is 0.497 e. The van der Waals surface area contributed by atoms with Crippen molar-refractivity contribution in [2.75, 3.05) is 7.11 Å². The predicted molar refractivity (Wildman–Crippen MR) is 77.9 cm³/mol. The van der Waals surface area contributed by atoms with E-state index in [1.54, 1.807) is 7.11 Å². The van der Waals surface area contributed by atoms with Gasteiger partial charge in [0.25, 0.3) is 0 Å². The van der Waals surface area contributed by atoms with E-state index in [0.29, 0.717) is 18.4 Å². The second-order valence-corrected chi connectivity index (χ2v) is 4.90. The molecule has 2 aromatic carbocycles. The molecule has 0 saturated carbocycles. The Labute approximate surface area is 122 Å². The number of hydrogen-bond donors (Lipinski definition) is 2. The number of benzene rings is 2. The van der Waals surface area contributed by atoms with Crippen molar-refractivity contribution in [1.29, 1.82) is 0 Å². The molecule has 5 heteroatoms. The van der Waals surface area contributed by atoms with E-state index in [-0.39, 0.29) is 6.04 Å². The van der Waals surface area contributed by atoms with E-state index in [9.17, 15) is 8.78 Å². The van der Waals surface area contributed by atoms with Crippen LogP contribution < -0.4 is 16.0 Å². The third-order valence-electron chi connectivity index (χ3n) is 3.26. The average Bonchev–Trinajstić information content (AvgIpc) is 2.45. The molecule has 2 aromatic rings. The average molecular weight is 292 g/mol. The number of rotatable bonds is 6. The van der Waals surface area contributed by atoms with Gasteiger partial charge in [-0.25, -0.2) is 8.78 Å². The van der Waals surface area contributed by atoms with Crippen molar-refractivity contribution in [3.8, 4) is 5.75 Å². The molecule has 0 aromatic heterocycles. The van der Waals surface area contributed by atoms with Gasteiger partial charge in [0.2, 0.25) is 0 Å². The van der Waals surface area contributed by atoms with Gasteiger partial charge in [-0.15, -0.1) is 0 Å². The van der Waals surface area contributed by atoms with Crippen LogP contribution in [0.4, 0.5) is 8.78 Å². The number of nitrogens with two attached hydrogens (primary N) is 1. The van der Waals surface area contributed by atoms with Crippen LogP contribution in [-0.2, 0) is 12.8 Å². The summed E-state index contributed by atoms with van der Waals surface area (Å²) in [7, 11) is 1.60. The first-order chi connectivity index (χ1) is 10.1. The molecule has 0 amide bonds. The molecular formula is C16H18F2N2O. The van der Waals surface area contributed by atoms with Crippen LogP contribution in [0.15, 0.2) is 42.5 Å². The summed E-state index contributed by atoms with van der Waals surface area (Å²) in [4.78, 5) is 0. The van der Waals surface area contributed by atoms with Crippen LogP contribution in [0.25, 0.3) is 0 Å². The van der Waals surface area contributed by atoms with Crippen molar-refractivity contribution in [2.24, 2.45) is 5.84 Å². The molecule has 0 radical (unpaired) electrons. The maximum atomic E-state index is 13.2. The van der Waals surface area contributed by atoms with Crippen molar-refractivity contribution < 1.29 is 13.5 Å². The Morgan fingerprint density at radius 3 is 2.33 bits per heavy atom. The van der Waals surface area contributed by atoms with Crippen molar-refractivity contribution in [2.45, 2.75) is 18.9 Å². The molecule has 0 aliphatic heterocycles. The van der Waals surface area contributed by atoms with Gasteiger partial charge in [0.1, 0.15) is 17.4 Å². The van der Waals surface area contributed by atoms with E-state index in [1.807, 2.05) is 24.3 Å². The highest BCUT2D eigenvalue weighted by Crippen LogP contribution is 2.16. The predicted octanol–water partition coefficient (Wildman–Crippen LogP) is 2.59. The molecule has 0 saturated heterocycles. The van der Waals surface area contributed by atoms with Crippen molar-refractivity contribution in [3.63, 3.8) is 0 Å². The van der Waals surface area contributed by atoms with E-state index in [4.69, 9.17) is 10.6 Å². The lowest BCUT2D eigenvalue weighted by Gasteiger charge is -2.16. The maximum absolute atomic E-state index is 13.2. The molecule has 3 nitrogen and oxygen atoms in total. The second kappa shape index (κ2) is 7.15. The molecule has 0 bridgehead atoms. The minimum absolute atomic E-state index is 0.127. The highest BCUT2D eigenvalue weighted by Gasteiger charge is 2.11. The van der Waals surface area contributed by atoms with Gasteiger partial charge in [0.05, 0.1) is 7.11 Å². The number of hydrogen-bond acceptors (Lipinski definition) is 3. The minimum Gasteiger partial charge on any atom is -0.497 e. The van der Waals surface area contributed by atoms with Crippen LogP contribution in [0.1, 0.15) is 11.1 Å². The Kier molecular flexibility index (Phi) is 5.25. The summed E-state index contributed by atoms with van der Waals surface area (Å²) in [6.45, 7) is 0. The first kappa shape index (κ1) is 15.4. The Bertz CT molecular complexity index is 584. The Balaban J connectivity index is 2.08. The lowest BCUT2D eigenvalue weighted by Crippen LogP contribution is -2.38. The third-order valence-corrected chi connectivity index (χ3v) is 3.26. The first-order valence-corrected chi connectivity index (χ1v) is 6.64. The highest BCUT2D eigenvalue weighted by molar-refractivity contribution is 5.29. The molecule has 3 N–H and O–H groups in total. The fourth-order valence-corrected chi connectivity index (χ4v) is 2.29. The van der Waals surface area contributed by atoms with Crippen LogP contribution in [-0.4, -0.2) is 13.2 Å². The quantitative estimate of drug-likeness (QED) is 0.635. The Morgan fingerprint density at radius 1 is 1.05 bits per heavy atom. The standard InChI is InChI=1S/C16H18F2N2O/c1-21-16-4-2-3-11(9-16)7-15(20-19)8-12-5-13(17)10-14(18)6-12/h2-6,9-10,15,20H,7-8,19H2,1H3. The molecule has 0 fully saturated rings. The molecular weight excluding hydrogens is 274 g/mol. The maximum Gasteiger partial charge on any atom is 0.126 e. The van der Waals surface area contributed by atoms with Crippen LogP contribution in [0, 0.1) is 11.6 Å². The van der Waals surface area contributed by atoms with Crippen LogP contribution >= 0.6 is 0 Å². The van der Waals surface area contributed by atoms with Crippen LogP contribution in [0.3, 0.4) is 0 Å². The first-order valence-electron chi connectivity index (χ1n) is 6.64. The van der Waals surface area contributed by atoms with Crippen molar-refractivity contribution >= 4 is 0 Å². The summed E-state index contributed by atoms with van der Waals surface area (Å²) >= 11 is 0. The van der Waals surface area contributed by atoms with Gasteiger partial charge < -0.3 is 4.74 Å². The van der Waals surface area contributed by atoms with Gasteiger partial charge in [0, 0.05) is 12.1 Å². The molecule has 0 spiro atoms. The molecule has 0 heterocycles. The summed E-state index contributed by atoms with van der Waals surface area (Å²) in [5.74, 6) is 5.15. The molecule has 21 heavy (non-hydrogen) atoms. The minimum atomic E-state index is -0.581. The van der Waals surface area contributed by atoms with Crippen LogP contribution in [0.2, 0.25) is 0 Å². The van der Waals surface area contributed by atoms with Gasteiger partial charge in [-0.3, -0.25) is 11.3 Å². The molecule has 1 unspecified atom stereocenters. The number of ether oxygens (including phenoxy) is 1. The monoisotopic (exact) mass is 292 g/mol. The van der Waals surface area contributed by atoms with Crippen molar-refractivity contribution in [3.05, 3.63) is 65.2 Å². The SMILES string of the molecule is COc1cccc(CC(Cc2cc(F)cc(F)c2)NN)c1. The normalized spacial score (nSPS) is 12.2. The van der Waals surface area contributed by atoms with E-state index < -0.39 is 11.6 Å². The summed E-state index contributed by atoms with van der Waals surface area (Å²) in [6, 6.07) is 11.0. The zero-order valence-corrected chi connectivity index (χ0v) is 11.8. The van der Waals surface area contributed by atoms with Gasteiger partial charge >= 0.3 is 0 Å². The van der Waals surface area contributed by atoms with Gasteiger partial charge in [-0.2, -0.15) is 0 Å².